The first-order valence-corrected chi connectivity index (χ1v) is 11.2. The van der Waals surface area contributed by atoms with E-state index < -0.39 is 23.3 Å². The lowest BCUT2D eigenvalue weighted by molar-refractivity contribution is -0.136. The molecule has 2 amide bonds. The SMILES string of the molecule is Cc1csc(N2CCN(C(=O)c3nc4c(C(F)(F)F)cc(-c5ccoc5)cn4c3Cl)CC2=O)n1. The van der Waals surface area contributed by atoms with Crippen LogP contribution in [0, 0.1) is 6.92 Å². The Kier molecular flexibility index (Phi) is 5.36. The highest BCUT2D eigenvalue weighted by Gasteiger charge is 2.37. The molecule has 0 spiro atoms. The molecule has 1 saturated heterocycles. The Balaban J connectivity index is 1.50. The van der Waals surface area contributed by atoms with Gasteiger partial charge < -0.3 is 9.32 Å². The predicted octanol–water partition coefficient (Wildman–Crippen LogP) is 4.52. The zero-order valence-electron chi connectivity index (χ0n) is 17.5. The summed E-state index contributed by atoms with van der Waals surface area (Å²) < 4.78 is 47.5. The normalized spacial score (nSPS) is 14.9. The van der Waals surface area contributed by atoms with E-state index >= 15 is 0 Å². The van der Waals surface area contributed by atoms with Gasteiger partial charge in [0.25, 0.3) is 5.91 Å². The van der Waals surface area contributed by atoms with Crippen molar-refractivity contribution in [1.82, 2.24) is 19.3 Å². The quantitative estimate of drug-likeness (QED) is 0.405. The fourth-order valence-electron chi connectivity index (χ4n) is 3.71. The van der Waals surface area contributed by atoms with Crippen LogP contribution in [-0.2, 0) is 11.0 Å². The average Bonchev–Trinajstić information content (AvgIpc) is 3.53. The summed E-state index contributed by atoms with van der Waals surface area (Å²) in [4.78, 5) is 36.7. The van der Waals surface area contributed by atoms with Crippen LogP contribution in [-0.4, -0.2) is 50.7 Å². The number of carbonyl (C=O) groups excluding carboxylic acids is 2. The van der Waals surface area contributed by atoms with Gasteiger partial charge in [0.2, 0.25) is 5.91 Å². The van der Waals surface area contributed by atoms with Gasteiger partial charge in [-0.15, -0.1) is 11.3 Å². The maximum absolute atomic E-state index is 13.8. The lowest BCUT2D eigenvalue weighted by Crippen LogP contribution is -2.52. The third kappa shape index (κ3) is 3.82. The van der Waals surface area contributed by atoms with Gasteiger partial charge in [-0.2, -0.15) is 13.2 Å². The van der Waals surface area contributed by atoms with E-state index in [0.29, 0.717) is 10.7 Å². The first-order chi connectivity index (χ1) is 16.1. The third-order valence-corrected chi connectivity index (χ3v) is 6.71. The zero-order valence-corrected chi connectivity index (χ0v) is 19.0. The highest BCUT2D eigenvalue weighted by atomic mass is 35.5. The van der Waals surface area contributed by atoms with Crippen LogP contribution < -0.4 is 4.90 Å². The largest absolute Gasteiger partial charge is 0.472 e. The number of anilines is 1. The maximum Gasteiger partial charge on any atom is 0.420 e. The molecular formula is C21H15ClF3N5O3S. The molecule has 13 heteroatoms. The van der Waals surface area contributed by atoms with E-state index in [-0.39, 0.29) is 42.0 Å². The minimum absolute atomic E-state index is 0.153. The number of furan rings is 1. The minimum Gasteiger partial charge on any atom is -0.472 e. The molecule has 5 heterocycles. The second-order valence-electron chi connectivity index (χ2n) is 7.64. The van der Waals surface area contributed by atoms with Crippen molar-refractivity contribution in [3.8, 4) is 11.1 Å². The van der Waals surface area contributed by atoms with Crippen molar-refractivity contribution in [2.24, 2.45) is 0 Å². The van der Waals surface area contributed by atoms with Crippen molar-refractivity contribution in [2.45, 2.75) is 13.1 Å². The van der Waals surface area contributed by atoms with Gasteiger partial charge in [-0.05, 0) is 19.1 Å². The molecule has 1 fully saturated rings. The second kappa shape index (κ2) is 8.13. The molecule has 0 atom stereocenters. The van der Waals surface area contributed by atoms with E-state index in [9.17, 15) is 22.8 Å². The molecule has 1 aliphatic heterocycles. The fraction of sp³-hybridized carbons (Fsp3) is 0.238. The number of amides is 2. The lowest BCUT2D eigenvalue weighted by Gasteiger charge is -2.32. The van der Waals surface area contributed by atoms with Gasteiger partial charge in [-0.1, -0.05) is 11.6 Å². The number of hydrogen-bond acceptors (Lipinski definition) is 6. The molecular weight excluding hydrogens is 495 g/mol. The van der Waals surface area contributed by atoms with Crippen LogP contribution in [0.2, 0.25) is 5.15 Å². The summed E-state index contributed by atoms with van der Waals surface area (Å²) in [5, 5.41) is 2.07. The van der Waals surface area contributed by atoms with Crippen LogP contribution >= 0.6 is 22.9 Å². The molecule has 4 aromatic rings. The number of imidazole rings is 1. The molecule has 0 unspecified atom stereocenters. The molecule has 0 aromatic carbocycles. The van der Waals surface area contributed by atoms with E-state index in [1.807, 2.05) is 12.3 Å². The highest BCUT2D eigenvalue weighted by molar-refractivity contribution is 7.14. The summed E-state index contributed by atoms with van der Waals surface area (Å²) in [7, 11) is 0. The number of rotatable bonds is 3. The van der Waals surface area contributed by atoms with Gasteiger partial charge in [0, 0.05) is 35.8 Å². The smallest absolute Gasteiger partial charge is 0.420 e. The summed E-state index contributed by atoms with van der Waals surface area (Å²) >= 11 is 7.66. The van der Waals surface area contributed by atoms with Crippen LogP contribution in [0.25, 0.3) is 16.8 Å². The summed E-state index contributed by atoms with van der Waals surface area (Å²) in [6.45, 7) is 1.89. The number of alkyl halides is 3. The van der Waals surface area contributed by atoms with Gasteiger partial charge in [-0.3, -0.25) is 18.9 Å². The first kappa shape index (κ1) is 22.4. The number of fused-ring (bicyclic) bond motifs is 1. The van der Waals surface area contributed by atoms with Gasteiger partial charge in [0.15, 0.2) is 16.5 Å². The van der Waals surface area contributed by atoms with Gasteiger partial charge in [-0.25, -0.2) is 9.97 Å². The summed E-state index contributed by atoms with van der Waals surface area (Å²) in [5.41, 5.74) is -0.539. The third-order valence-electron chi connectivity index (χ3n) is 5.37. The van der Waals surface area contributed by atoms with Crippen molar-refractivity contribution >= 4 is 45.5 Å². The van der Waals surface area contributed by atoms with E-state index in [1.54, 1.807) is 0 Å². The average molecular weight is 510 g/mol. The van der Waals surface area contributed by atoms with Crippen molar-refractivity contribution in [2.75, 3.05) is 24.5 Å². The molecule has 4 aromatic heterocycles. The maximum atomic E-state index is 13.8. The standard InChI is InChI=1S/C21H15ClF3N5O3S/c1-11-10-34-20(26-11)29-4-3-28(8-15(29)31)19(32)16-17(22)30-7-13(12-2-5-33-9-12)6-14(18(30)27-16)21(23,24)25/h2,5-7,9-10H,3-4,8H2,1H3. The van der Waals surface area contributed by atoms with E-state index in [4.69, 9.17) is 16.0 Å². The lowest BCUT2D eigenvalue weighted by atomic mass is 10.1. The number of pyridine rings is 1. The Labute approximate surface area is 199 Å². The molecule has 0 radical (unpaired) electrons. The number of halogens is 4. The Hall–Kier alpha value is -3.38. The van der Waals surface area contributed by atoms with Gasteiger partial charge in [0.05, 0.1) is 23.8 Å². The molecule has 5 rings (SSSR count). The van der Waals surface area contributed by atoms with Crippen molar-refractivity contribution in [1.29, 1.82) is 0 Å². The number of carbonyl (C=O) groups is 2. The Bertz CT molecular complexity index is 1410. The molecule has 176 valence electrons. The molecule has 0 aliphatic carbocycles. The Morgan fingerprint density at radius 3 is 2.65 bits per heavy atom. The topological polar surface area (TPSA) is 84.0 Å². The Morgan fingerprint density at radius 2 is 2.03 bits per heavy atom. The number of aromatic nitrogens is 3. The molecule has 0 N–H and O–H groups in total. The van der Waals surface area contributed by atoms with E-state index in [1.165, 1.54) is 45.9 Å². The van der Waals surface area contributed by atoms with Crippen molar-refractivity contribution in [3.63, 3.8) is 0 Å². The van der Waals surface area contributed by atoms with Gasteiger partial charge in [0.1, 0.15) is 11.7 Å². The van der Waals surface area contributed by atoms with Crippen LogP contribution in [0.3, 0.4) is 0 Å². The van der Waals surface area contributed by atoms with Crippen LogP contribution in [0.5, 0.6) is 0 Å². The van der Waals surface area contributed by atoms with Crippen molar-refractivity contribution < 1.29 is 27.2 Å². The van der Waals surface area contributed by atoms with Crippen LogP contribution in [0.15, 0.2) is 40.7 Å². The number of nitrogens with zero attached hydrogens (tertiary/aromatic N) is 5. The minimum atomic E-state index is -4.75. The number of aryl methyl sites for hydroxylation is 1. The number of thiazole rings is 1. The Morgan fingerprint density at radius 1 is 1.24 bits per heavy atom. The predicted molar refractivity (Wildman–Crippen MR) is 118 cm³/mol. The number of hydrogen-bond donors (Lipinski definition) is 0. The molecule has 0 bridgehead atoms. The molecule has 0 saturated carbocycles. The molecule has 8 nitrogen and oxygen atoms in total. The monoisotopic (exact) mass is 509 g/mol. The summed E-state index contributed by atoms with van der Waals surface area (Å²) in [6, 6.07) is 2.43. The number of piperazine rings is 1. The summed E-state index contributed by atoms with van der Waals surface area (Å²) in [5.74, 6) is -1.08. The second-order valence-corrected chi connectivity index (χ2v) is 8.84. The van der Waals surface area contributed by atoms with E-state index in [0.717, 1.165) is 16.2 Å². The van der Waals surface area contributed by atoms with Crippen molar-refractivity contribution in [3.05, 3.63) is 58.3 Å². The van der Waals surface area contributed by atoms with Crippen LogP contribution in [0.1, 0.15) is 21.7 Å². The molecule has 34 heavy (non-hydrogen) atoms. The zero-order chi connectivity index (χ0) is 24.2. The van der Waals surface area contributed by atoms with E-state index in [2.05, 4.69) is 9.97 Å². The van der Waals surface area contributed by atoms with Gasteiger partial charge >= 0.3 is 6.18 Å². The van der Waals surface area contributed by atoms with Crippen LogP contribution in [0.4, 0.5) is 18.3 Å². The fourth-order valence-corrected chi connectivity index (χ4v) is 4.81. The summed E-state index contributed by atoms with van der Waals surface area (Å²) in [6.07, 6.45) is -0.757. The first-order valence-electron chi connectivity index (χ1n) is 9.96. The molecule has 1 aliphatic rings. The highest BCUT2D eigenvalue weighted by Crippen LogP contribution is 2.37.